The number of amides is 1. The molecule has 2 aromatic rings. The third-order valence-corrected chi connectivity index (χ3v) is 3.99. The Labute approximate surface area is 146 Å². The fraction of sp³-hybridized carbons (Fsp3) is 0.188. The number of anilines is 1. The van der Waals surface area contributed by atoms with Gasteiger partial charge in [0.25, 0.3) is 5.91 Å². The minimum absolute atomic E-state index is 0.163. The summed E-state index contributed by atoms with van der Waals surface area (Å²) in [5.41, 5.74) is 0.946. The largest absolute Gasteiger partial charge is 0.491 e. The van der Waals surface area contributed by atoms with E-state index < -0.39 is 0 Å². The smallest absolute Gasteiger partial charge is 0.255 e. The number of carbonyl (C=O) groups is 1. The number of hydrogen-bond donors (Lipinski definition) is 1. The van der Waals surface area contributed by atoms with E-state index in [1.165, 1.54) is 0 Å². The van der Waals surface area contributed by atoms with Crippen molar-refractivity contribution in [3.05, 3.63) is 45.4 Å². The Balaban J connectivity index is 1.88. The molecule has 23 heavy (non-hydrogen) atoms. The zero-order valence-corrected chi connectivity index (χ0v) is 14.5. The van der Waals surface area contributed by atoms with E-state index in [9.17, 15) is 4.79 Å². The lowest BCUT2D eigenvalue weighted by Crippen LogP contribution is -2.13. The van der Waals surface area contributed by atoms with Crippen molar-refractivity contribution in [3.8, 4) is 17.2 Å². The molecule has 1 aliphatic rings. The molecule has 5 nitrogen and oxygen atoms in total. The first-order valence-electron chi connectivity index (χ1n) is 6.91. The average molecular weight is 399 g/mol. The lowest BCUT2D eigenvalue weighted by Gasteiger charge is -2.14. The monoisotopic (exact) mass is 397 g/mol. The van der Waals surface area contributed by atoms with Crippen molar-refractivity contribution in [3.63, 3.8) is 0 Å². The molecule has 2 aromatic carbocycles. The Kier molecular flexibility index (Phi) is 4.63. The molecule has 1 heterocycles. The molecule has 1 amide bonds. The average Bonchev–Trinajstić information content (AvgIpc) is 2.98. The highest BCUT2D eigenvalue weighted by molar-refractivity contribution is 9.10. The maximum absolute atomic E-state index is 12.5. The molecule has 0 aliphatic carbocycles. The Hall–Kier alpha value is -1.92. The van der Waals surface area contributed by atoms with Crippen molar-refractivity contribution in [2.24, 2.45) is 0 Å². The predicted octanol–water partition coefficient (Wildman–Crippen LogP) is 4.48. The lowest BCUT2D eigenvalue weighted by atomic mass is 10.2. The predicted molar refractivity (Wildman–Crippen MR) is 90.8 cm³/mol. The van der Waals surface area contributed by atoms with Crippen LogP contribution in [0.4, 0.5) is 5.69 Å². The summed E-state index contributed by atoms with van der Waals surface area (Å²) in [4.78, 5) is 12.5. The van der Waals surface area contributed by atoms with Gasteiger partial charge in [-0.2, -0.15) is 0 Å². The Morgan fingerprint density at radius 1 is 1.30 bits per heavy atom. The number of hydrogen-bond acceptors (Lipinski definition) is 4. The fourth-order valence-electron chi connectivity index (χ4n) is 2.18. The topological polar surface area (TPSA) is 56.8 Å². The molecule has 0 saturated carbocycles. The summed E-state index contributed by atoms with van der Waals surface area (Å²) in [7, 11) is 0. The zero-order chi connectivity index (χ0) is 16.4. The molecule has 0 radical (unpaired) electrons. The van der Waals surface area contributed by atoms with Gasteiger partial charge in [0.1, 0.15) is 0 Å². The molecule has 120 valence electrons. The van der Waals surface area contributed by atoms with Crippen molar-refractivity contribution in [2.75, 3.05) is 18.7 Å². The second-order valence-corrected chi connectivity index (χ2v) is 6.01. The van der Waals surface area contributed by atoms with E-state index in [-0.39, 0.29) is 12.7 Å². The number of ether oxygens (including phenoxy) is 3. The summed E-state index contributed by atoms with van der Waals surface area (Å²) in [5.74, 6) is 1.42. The highest BCUT2D eigenvalue weighted by Gasteiger charge is 2.18. The van der Waals surface area contributed by atoms with Crippen LogP contribution in [0.1, 0.15) is 17.3 Å². The molecule has 0 spiro atoms. The summed E-state index contributed by atoms with van der Waals surface area (Å²) < 4.78 is 16.8. The summed E-state index contributed by atoms with van der Waals surface area (Å²) in [6, 6.07) is 8.36. The Bertz CT molecular complexity index is 766. The highest BCUT2D eigenvalue weighted by atomic mass is 79.9. The maximum atomic E-state index is 12.5. The number of benzene rings is 2. The number of halogens is 2. The first kappa shape index (κ1) is 16.0. The van der Waals surface area contributed by atoms with Crippen LogP contribution in [0.2, 0.25) is 5.02 Å². The molecule has 0 fully saturated rings. The maximum Gasteiger partial charge on any atom is 0.255 e. The molecule has 0 unspecified atom stereocenters. The van der Waals surface area contributed by atoms with Gasteiger partial charge in [0.2, 0.25) is 6.79 Å². The molecule has 0 aromatic heterocycles. The van der Waals surface area contributed by atoms with Gasteiger partial charge in [0.05, 0.1) is 16.8 Å². The van der Waals surface area contributed by atoms with E-state index in [4.69, 9.17) is 25.8 Å². The van der Waals surface area contributed by atoms with Gasteiger partial charge in [-0.05, 0) is 53.2 Å². The lowest BCUT2D eigenvalue weighted by molar-refractivity contribution is 0.102. The molecule has 1 N–H and O–H groups in total. The molecule has 0 bridgehead atoms. The van der Waals surface area contributed by atoms with Crippen LogP contribution < -0.4 is 19.5 Å². The van der Waals surface area contributed by atoms with Crippen LogP contribution in [-0.2, 0) is 0 Å². The van der Waals surface area contributed by atoms with Gasteiger partial charge < -0.3 is 19.5 Å². The molecule has 1 aliphatic heterocycles. The normalized spacial score (nSPS) is 12.1. The van der Waals surface area contributed by atoms with Crippen molar-refractivity contribution in [1.29, 1.82) is 0 Å². The Morgan fingerprint density at radius 3 is 2.87 bits per heavy atom. The molecule has 3 rings (SSSR count). The van der Waals surface area contributed by atoms with Crippen molar-refractivity contribution in [1.82, 2.24) is 0 Å². The fourth-order valence-corrected chi connectivity index (χ4v) is 3.10. The summed E-state index contributed by atoms with van der Waals surface area (Å²) in [6.07, 6.45) is 0. The Morgan fingerprint density at radius 2 is 2.09 bits per heavy atom. The number of rotatable bonds is 4. The van der Waals surface area contributed by atoms with Gasteiger partial charge in [0, 0.05) is 10.6 Å². The quantitative estimate of drug-likeness (QED) is 0.825. The molecule has 7 heteroatoms. The van der Waals surface area contributed by atoms with Gasteiger partial charge in [-0.1, -0.05) is 11.6 Å². The van der Waals surface area contributed by atoms with Crippen LogP contribution >= 0.6 is 27.5 Å². The second kappa shape index (κ2) is 6.68. The van der Waals surface area contributed by atoms with Gasteiger partial charge in [0.15, 0.2) is 17.2 Å². The first-order valence-corrected chi connectivity index (χ1v) is 8.08. The third kappa shape index (κ3) is 3.38. The van der Waals surface area contributed by atoms with Gasteiger partial charge in [-0.25, -0.2) is 0 Å². The highest BCUT2D eigenvalue weighted by Crippen LogP contribution is 2.37. The minimum Gasteiger partial charge on any atom is -0.491 e. The molecule has 0 saturated heterocycles. The number of fused-ring (bicyclic) bond motifs is 1. The minimum atomic E-state index is -0.293. The van der Waals surface area contributed by atoms with E-state index in [0.29, 0.717) is 44.6 Å². The second-order valence-electron chi connectivity index (χ2n) is 4.72. The van der Waals surface area contributed by atoms with Crippen LogP contribution in [0.5, 0.6) is 17.2 Å². The number of carbonyl (C=O) groups excluding carboxylic acids is 1. The van der Waals surface area contributed by atoms with Crippen LogP contribution in [0.15, 0.2) is 34.8 Å². The molecule has 0 atom stereocenters. The standard InChI is InChI=1S/C16H13BrClNO4/c1-2-21-15-11(17)6-10(18)7-12(15)19-16(20)9-3-4-13-14(5-9)23-8-22-13/h3-7H,2,8H2,1H3,(H,19,20). The molecular formula is C16H13BrClNO4. The van der Waals surface area contributed by atoms with Crippen LogP contribution in [0, 0.1) is 0 Å². The SMILES string of the molecule is CCOc1c(Br)cc(Cl)cc1NC(=O)c1ccc2c(c1)OCO2. The van der Waals surface area contributed by atoms with Gasteiger partial charge >= 0.3 is 0 Å². The van der Waals surface area contributed by atoms with Crippen LogP contribution in [0.3, 0.4) is 0 Å². The summed E-state index contributed by atoms with van der Waals surface area (Å²) in [5, 5.41) is 3.30. The van der Waals surface area contributed by atoms with Gasteiger partial charge in [-0.15, -0.1) is 0 Å². The summed E-state index contributed by atoms with van der Waals surface area (Å²) in [6.45, 7) is 2.49. The van der Waals surface area contributed by atoms with E-state index >= 15 is 0 Å². The van der Waals surface area contributed by atoms with Crippen LogP contribution in [0.25, 0.3) is 0 Å². The van der Waals surface area contributed by atoms with Crippen molar-refractivity contribution >= 4 is 39.1 Å². The third-order valence-electron chi connectivity index (χ3n) is 3.18. The van der Waals surface area contributed by atoms with E-state index in [2.05, 4.69) is 21.2 Å². The zero-order valence-electron chi connectivity index (χ0n) is 12.2. The molecular weight excluding hydrogens is 386 g/mol. The van der Waals surface area contributed by atoms with E-state index in [0.717, 1.165) is 0 Å². The van der Waals surface area contributed by atoms with Crippen molar-refractivity contribution in [2.45, 2.75) is 6.92 Å². The van der Waals surface area contributed by atoms with E-state index in [1.54, 1.807) is 30.3 Å². The summed E-state index contributed by atoms with van der Waals surface area (Å²) >= 11 is 9.44. The first-order chi connectivity index (χ1) is 11.1. The van der Waals surface area contributed by atoms with Crippen LogP contribution in [-0.4, -0.2) is 19.3 Å². The van der Waals surface area contributed by atoms with E-state index in [1.807, 2.05) is 6.92 Å². The number of nitrogens with one attached hydrogen (secondary N) is 1. The van der Waals surface area contributed by atoms with Gasteiger partial charge in [-0.3, -0.25) is 4.79 Å². The van der Waals surface area contributed by atoms with Crippen molar-refractivity contribution < 1.29 is 19.0 Å².